The van der Waals surface area contributed by atoms with Gasteiger partial charge in [0.2, 0.25) is 5.91 Å². The van der Waals surface area contributed by atoms with Crippen LogP contribution in [0.2, 0.25) is 5.02 Å². The number of hydrogen-bond donors (Lipinski definition) is 1. The van der Waals surface area contributed by atoms with E-state index in [4.69, 9.17) is 21.1 Å². The van der Waals surface area contributed by atoms with Crippen molar-refractivity contribution >= 4 is 40.8 Å². The van der Waals surface area contributed by atoms with Crippen LogP contribution in [-0.2, 0) is 16.1 Å². The summed E-state index contributed by atoms with van der Waals surface area (Å²) in [6.45, 7) is 0.132. The molecule has 3 aromatic carbocycles. The molecule has 1 heterocycles. The molecular weight excluding hydrogens is 470 g/mol. The van der Waals surface area contributed by atoms with Gasteiger partial charge in [-0.15, -0.1) is 0 Å². The maximum absolute atomic E-state index is 13.4. The van der Waals surface area contributed by atoms with E-state index >= 15 is 0 Å². The van der Waals surface area contributed by atoms with E-state index in [1.54, 1.807) is 73.8 Å². The highest BCUT2D eigenvalue weighted by atomic mass is 35.5. The average Bonchev–Trinajstić information content (AvgIpc) is 3.09. The van der Waals surface area contributed by atoms with Crippen LogP contribution in [0.25, 0.3) is 0 Å². The van der Waals surface area contributed by atoms with Gasteiger partial charge >= 0.3 is 6.03 Å². The number of urea groups is 1. The van der Waals surface area contributed by atoms with Crippen molar-refractivity contribution in [3.05, 3.63) is 83.4 Å². The molecule has 0 aliphatic carbocycles. The number of benzene rings is 3. The van der Waals surface area contributed by atoms with Gasteiger partial charge in [-0.2, -0.15) is 0 Å². The normalized spacial score (nSPS) is 15.3. The van der Waals surface area contributed by atoms with Gasteiger partial charge in [0.05, 0.1) is 26.3 Å². The van der Waals surface area contributed by atoms with Crippen LogP contribution in [-0.4, -0.2) is 43.0 Å². The fourth-order valence-electron chi connectivity index (χ4n) is 3.87. The van der Waals surface area contributed by atoms with Crippen molar-refractivity contribution in [2.45, 2.75) is 19.0 Å². The molecule has 0 bridgehead atoms. The van der Waals surface area contributed by atoms with E-state index < -0.39 is 23.9 Å². The first-order valence-corrected chi connectivity index (χ1v) is 11.2. The van der Waals surface area contributed by atoms with E-state index in [-0.39, 0.29) is 13.0 Å². The lowest BCUT2D eigenvalue weighted by Gasteiger charge is -2.22. The first-order valence-electron chi connectivity index (χ1n) is 10.9. The lowest BCUT2D eigenvalue weighted by Crippen LogP contribution is -2.37. The quantitative estimate of drug-likeness (QED) is 0.458. The van der Waals surface area contributed by atoms with E-state index in [1.165, 1.54) is 12.0 Å². The third kappa shape index (κ3) is 5.38. The van der Waals surface area contributed by atoms with E-state index in [9.17, 15) is 14.4 Å². The Kier molecular flexibility index (Phi) is 7.22. The summed E-state index contributed by atoms with van der Waals surface area (Å²) in [5, 5.41) is 3.30. The summed E-state index contributed by atoms with van der Waals surface area (Å²) >= 11 is 5.91. The highest BCUT2D eigenvalue weighted by Gasteiger charge is 2.46. The van der Waals surface area contributed by atoms with Gasteiger partial charge in [-0.05, 0) is 66.2 Å². The van der Waals surface area contributed by atoms with Crippen LogP contribution in [0.15, 0.2) is 72.8 Å². The molecule has 4 amide bonds. The number of carbonyl (C=O) groups excluding carboxylic acids is 3. The van der Waals surface area contributed by atoms with Crippen LogP contribution in [0, 0.1) is 0 Å². The maximum atomic E-state index is 13.4. The fourth-order valence-corrected chi connectivity index (χ4v) is 4.00. The minimum absolute atomic E-state index is 0.132. The number of rotatable bonds is 8. The van der Waals surface area contributed by atoms with Gasteiger partial charge in [0.1, 0.15) is 17.5 Å². The van der Waals surface area contributed by atoms with Crippen molar-refractivity contribution in [1.82, 2.24) is 4.90 Å². The molecular formula is C26H24ClN3O5. The average molecular weight is 494 g/mol. The van der Waals surface area contributed by atoms with Gasteiger partial charge in [-0.25, -0.2) is 9.69 Å². The Labute approximate surface area is 208 Å². The van der Waals surface area contributed by atoms with Gasteiger partial charge in [0.25, 0.3) is 5.91 Å². The first-order chi connectivity index (χ1) is 16.9. The Morgan fingerprint density at radius 3 is 2.29 bits per heavy atom. The number of anilines is 2. The number of imide groups is 1. The highest BCUT2D eigenvalue weighted by Crippen LogP contribution is 2.30. The zero-order chi connectivity index (χ0) is 24.9. The first kappa shape index (κ1) is 24.1. The molecule has 4 rings (SSSR count). The molecule has 1 aliphatic heterocycles. The van der Waals surface area contributed by atoms with E-state index in [0.29, 0.717) is 27.9 Å². The summed E-state index contributed by atoms with van der Waals surface area (Å²) in [7, 11) is 3.09. The number of nitrogens with one attached hydrogen (secondary N) is 1. The van der Waals surface area contributed by atoms with Gasteiger partial charge in [0.15, 0.2) is 0 Å². The van der Waals surface area contributed by atoms with E-state index in [1.807, 2.05) is 6.07 Å². The Morgan fingerprint density at radius 1 is 0.943 bits per heavy atom. The number of hydrogen-bond acceptors (Lipinski definition) is 5. The van der Waals surface area contributed by atoms with Crippen molar-refractivity contribution in [3.8, 4) is 11.5 Å². The molecule has 1 saturated heterocycles. The zero-order valence-electron chi connectivity index (χ0n) is 19.2. The van der Waals surface area contributed by atoms with Crippen molar-refractivity contribution < 1.29 is 23.9 Å². The van der Waals surface area contributed by atoms with Crippen molar-refractivity contribution in [2.75, 3.05) is 24.4 Å². The topological polar surface area (TPSA) is 88.2 Å². The largest absolute Gasteiger partial charge is 0.497 e. The Bertz CT molecular complexity index is 1230. The second-order valence-corrected chi connectivity index (χ2v) is 8.35. The molecule has 0 saturated carbocycles. The lowest BCUT2D eigenvalue weighted by atomic mass is 10.1. The zero-order valence-corrected chi connectivity index (χ0v) is 20.0. The molecule has 1 fully saturated rings. The minimum atomic E-state index is -0.983. The lowest BCUT2D eigenvalue weighted by molar-refractivity contribution is -0.124. The number of carbonyl (C=O) groups is 3. The molecule has 180 valence electrons. The second kappa shape index (κ2) is 10.5. The molecule has 9 heteroatoms. The van der Waals surface area contributed by atoms with Crippen LogP contribution in [0.4, 0.5) is 16.2 Å². The summed E-state index contributed by atoms with van der Waals surface area (Å²) in [4.78, 5) is 42.2. The smallest absolute Gasteiger partial charge is 0.332 e. The molecule has 3 aromatic rings. The number of amides is 4. The van der Waals surface area contributed by atoms with Crippen LogP contribution >= 0.6 is 11.6 Å². The Hall–Kier alpha value is -4.04. The molecule has 0 radical (unpaired) electrons. The molecule has 1 atom stereocenters. The molecule has 8 nitrogen and oxygen atoms in total. The predicted molar refractivity (Wildman–Crippen MR) is 133 cm³/mol. The predicted octanol–water partition coefficient (Wildman–Crippen LogP) is 4.72. The number of halogens is 1. The SMILES string of the molecule is COc1ccc(N2C(=O)[C@@H](CC(=O)Nc3ccc(Cl)cc3)N(Cc3cccc(OC)c3)C2=O)cc1. The van der Waals surface area contributed by atoms with Crippen molar-refractivity contribution in [1.29, 1.82) is 0 Å². The minimum Gasteiger partial charge on any atom is -0.497 e. The maximum Gasteiger partial charge on any atom is 0.332 e. The molecule has 0 aromatic heterocycles. The summed E-state index contributed by atoms with van der Waals surface area (Å²) in [6, 6.07) is 19.0. The van der Waals surface area contributed by atoms with Gasteiger partial charge in [-0.1, -0.05) is 23.7 Å². The fraction of sp³-hybridized carbons (Fsp3) is 0.192. The summed E-state index contributed by atoms with van der Waals surface area (Å²) in [6.07, 6.45) is -0.205. The van der Waals surface area contributed by atoms with Crippen molar-refractivity contribution in [2.24, 2.45) is 0 Å². The van der Waals surface area contributed by atoms with Gasteiger partial charge in [-0.3, -0.25) is 9.59 Å². The molecule has 1 aliphatic rings. The van der Waals surface area contributed by atoms with Crippen LogP contribution in [0.1, 0.15) is 12.0 Å². The van der Waals surface area contributed by atoms with Crippen LogP contribution in [0.5, 0.6) is 11.5 Å². The standard InChI is InChI=1S/C26H24ClN3O5/c1-34-21-12-10-20(11-13-21)30-25(32)23(15-24(31)28-19-8-6-18(27)7-9-19)29(26(30)33)16-17-4-3-5-22(14-17)35-2/h3-14,23H,15-16H2,1-2H3,(H,28,31)/t23-/m1/s1. The highest BCUT2D eigenvalue weighted by molar-refractivity contribution is 6.30. The summed E-state index contributed by atoms with van der Waals surface area (Å²) in [5.74, 6) is 0.351. The molecule has 1 N–H and O–H groups in total. The summed E-state index contributed by atoms with van der Waals surface area (Å²) in [5.41, 5.74) is 1.71. The number of ether oxygens (including phenoxy) is 2. The third-order valence-electron chi connectivity index (χ3n) is 5.64. The van der Waals surface area contributed by atoms with Crippen LogP contribution in [0.3, 0.4) is 0 Å². The monoisotopic (exact) mass is 493 g/mol. The summed E-state index contributed by atoms with van der Waals surface area (Å²) < 4.78 is 10.5. The van der Waals surface area contributed by atoms with Crippen LogP contribution < -0.4 is 19.7 Å². The number of methoxy groups -OCH3 is 2. The Balaban J connectivity index is 1.61. The van der Waals surface area contributed by atoms with Gasteiger partial charge < -0.3 is 19.7 Å². The van der Waals surface area contributed by atoms with Crippen molar-refractivity contribution in [3.63, 3.8) is 0 Å². The molecule has 35 heavy (non-hydrogen) atoms. The van der Waals surface area contributed by atoms with Gasteiger partial charge in [0, 0.05) is 17.3 Å². The number of nitrogens with zero attached hydrogens (tertiary/aromatic N) is 2. The Morgan fingerprint density at radius 2 is 1.63 bits per heavy atom. The molecule has 0 unspecified atom stereocenters. The molecule has 0 spiro atoms. The third-order valence-corrected chi connectivity index (χ3v) is 5.90. The van der Waals surface area contributed by atoms with E-state index in [0.717, 1.165) is 10.5 Å². The van der Waals surface area contributed by atoms with E-state index in [2.05, 4.69) is 5.32 Å². The second-order valence-electron chi connectivity index (χ2n) is 7.91.